The van der Waals surface area contributed by atoms with E-state index in [2.05, 4.69) is 0 Å². The summed E-state index contributed by atoms with van der Waals surface area (Å²) in [5, 5.41) is 0.867. The zero-order chi connectivity index (χ0) is 18.0. The van der Waals surface area contributed by atoms with Crippen molar-refractivity contribution in [2.45, 2.75) is 12.4 Å². The predicted molar refractivity (Wildman–Crippen MR) is 95.4 cm³/mol. The van der Waals surface area contributed by atoms with Gasteiger partial charge in [-0.3, -0.25) is 9.36 Å². The van der Waals surface area contributed by atoms with Gasteiger partial charge < -0.3 is 0 Å². The highest BCUT2D eigenvalue weighted by Gasteiger charge is 2.31. The molecular formula is C19H15F3NOS. The highest BCUT2D eigenvalue weighted by atomic mass is 32.2. The number of nitrogens with zero attached hydrogens (tertiary/aromatic N) is 1. The number of thioether (sulfide) groups is 1. The summed E-state index contributed by atoms with van der Waals surface area (Å²) in [7, 11) is 0. The van der Waals surface area contributed by atoms with Crippen molar-refractivity contribution < 1.29 is 18.0 Å². The Morgan fingerprint density at radius 2 is 1.68 bits per heavy atom. The smallest absolute Gasteiger partial charge is 0.279 e. The van der Waals surface area contributed by atoms with E-state index >= 15 is 0 Å². The van der Waals surface area contributed by atoms with Crippen LogP contribution in [-0.2, 0) is 0 Å². The number of carbonyl (C=O) groups is 1. The van der Waals surface area contributed by atoms with E-state index in [4.69, 9.17) is 0 Å². The molecule has 25 heavy (non-hydrogen) atoms. The predicted octanol–water partition coefficient (Wildman–Crippen LogP) is 5.80. The molecule has 0 bridgehead atoms. The van der Waals surface area contributed by atoms with Gasteiger partial charge in [-0.25, -0.2) is 0 Å². The van der Waals surface area contributed by atoms with Crippen LogP contribution in [0.25, 0.3) is 22.2 Å². The molecule has 129 valence electrons. The molecule has 0 amide bonds. The van der Waals surface area contributed by atoms with Crippen molar-refractivity contribution in [3.05, 3.63) is 66.6 Å². The van der Waals surface area contributed by atoms with E-state index in [9.17, 15) is 18.0 Å². The lowest BCUT2D eigenvalue weighted by atomic mass is 10.1. The summed E-state index contributed by atoms with van der Waals surface area (Å²) in [5.41, 5.74) is -2.17. The average Bonchev–Trinajstić information content (AvgIpc) is 2.98. The third-order valence-electron chi connectivity index (χ3n) is 3.80. The Kier molecular flexibility index (Phi) is 4.90. The van der Waals surface area contributed by atoms with Crippen LogP contribution in [-0.4, -0.2) is 21.7 Å². The van der Waals surface area contributed by atoms with Crippen molar-refractivity contribution in [1.29, 1.82) is 0 Å². The largest absolute Gasteiger partial charge is 0.441 e. The third-order valence-corrected chi connectivity index (χ3v) is 4.71. The number of hydrogen-bond donors (Lipinski definition) is 0. The fraction of sp³-hybridized carbons (Fsp3) is 0.158. The van der Waals surface area contributed by atoms with Gasteiger partial charge >= 0.3 is 5.51 Å². The van der Waals surface area contributed by atoms with E-state index in [1.807, 2.05) is 48.5 Å². The lowest BCUT2D eigenvalue weighted by molar-refractivity contribution is -0.0327. The number of rotatable bonds is 4. The quantitative estimate of drug-likeness (QED) is 0.585. The van der Waals surface area contributed by atoms with Crippen molar-refractivity contribution in [3.8, 4) is 11.3 Å². The third kappa shape index (κ3) is 3.90. The second-order valence-corrected chi connectivity index (χ2v) is 6.65. The molecule has 1 heterocycles. The molecule has 1 radical (unpaired) electrons. The molecule has 2 nitrogen and oxygen atoms in total. The van der Waals surface area contributed by atoms with Crippen LogP contribution in [0.1, 0.15) is 11.7 Å². The Hall–Kier alpha value is -2.21. The molecule has 3 aromatic rings. The van der Waals surface area contributed by atoms with E-state index in [0.29, 0.717) is 11.2 Å². The van der Waals surface area contributed by atoms with Crippen molar-refractivity contribution in [2.75, 3.05) is 5.75 Å². The standard InChI is InChI=1S/C19H15F3NOS/c1-13(12-25-19(20,21)22)18(24)23-16-10-6-5-9-15(16)11-17(23)14-7-3-2-4-8-14/h2-11H,12H2,1H3. The summed E-state index contributed by atoms with van der Waals surface area (Å²) in [5.74, 6) is -0.652. The van der Waals surface area contributed by atoms with Gasteiger partial charge in [0.25, 0.3) is 0 Å². The van der Waals surface area contributed by atoms with Crippen LogP contribution in [0, 0.1) is 5.92 Å². The number of para-hydroxylation sites is 1. The van der Waals surface area contributed by atoms with Gasteiger partial charge in [-0.15, -0.1) is 0 Å². The summed E-state index contributed by atoms with van der Waals surface area (Å²) in [6.45, 7) is 1.45. The molecule has 0 fully saturated rings. The van der Waals surface area contributed by atoms with E-state index in [1.165, 1.54) is 11.5 Å². The number of halogens is 3. The zero-order valence-electron chi connectivity index (χ0n) is 13.4. The first-order valence-corrected chi connectivity index (χ1v) is 8.59. The lowest BCUT2D eigenvalue weighted by Gasteiger charge is -2.15. The Morgan fingerprint density at radius 3 is 2.36 bits per heavy atom. The Labute approximate surface area is 147 Å². The fourth-order valence-electron chi connectivity index (χ4n) is 2.64. The van der Waals surface area contributed by atoms with Gasteiger partial charge in [0, 0.05) is 11.1 Å². The van der Waals surface area contributed by atoms with Crippen LogP contribution in [0.3, 0.4) is 0 Å². The summed E-state index contributed by atoms with van der Waals surface area (Å²) in [6, 6.07) is 18.6. The normalized spacial score (nSPS) is 12.0. The molecule has 0 N–H and O–H groups in total. The van der Waals surface area contributed by atoms with Crippen LogP contribution in [0.2, 0.25) is 0 Å². The fourth-order valence-corrected chi connectivity index (χ4v) is 3.14. The molecule has 1 aromatic heterocycles. The Bertz CT molecular complexity index is 887. The Balaban J connectivity index is 2.03. The second kappa shape index (κ2) is 6.96. The van der Waals surface area contributed by atoms with E-state index in [1.54, 1.807) is 12.1 Å². The molecule has 2 aromatic carbocycles. The topological polar surface area (TPSA) is 22.0 Å². The van der Waals surface area contributed by atoms with Crippen LogP contribution in [0.15, 0.2) is 60.7 Å². The molecule has 3 rings (SSSR count). The Morgan fingerprint density at radius 1 is 1.04 bits per heavy atom. The number of carbonyl (C=O) groups excluding carboxylic acids is 1. The first kappa shape index (κ1) is 17.6. The van der Waals surface area contributed by atoms with Gasteiger partial charge in [-0.2, -0.15) is 13.2 Å². The van der Waals surface area contributed by atoms with Gasteiger partial charge in [-0.05, 0) is 36.4 Å². The maximum atomic E-state index is 12.9. The SMILES string of the molecule is C[C](CSC(F)(F)F)C(=O)n1c(-c2ccccc2)cc2ccccc21. The lowest BCUT2D eigenvalue weighted by Crippen LogP contribution is -2.21. The molecule has 6 heteroatoms. The summed E-state index contributed by atoms with van der Waals surface area (Å²) < 4.78 is 38.8. The van der Waals surface area contributed by atoms with E-state index in [0.717, 1.165) is 10.9 Å². The van der Waals surface area contributed by atoms with E-state index in [-0.39, 0.29) is 23.4 Å². The van der Waals surface area contributed by atoms with Gasteiger partial charge in [0.1, 0.15) is 0 Å². The number of fused-ring (bicyclic) bond motifs is 1. The molecule has 0 atom stereocenters. The summed E-state index contributed by atoms with van der Waals surface area (Å²) >= 11 is -0.197. The number of benzene rings is 2. The minimum Gasteiger partial charge on any atom is -0.279 e. The first-order chi connectivity index (χ1) is 11.9. The molecule has 0 aliphatic carbocycles. The summed E-state index contributed by atoms with van der Waals surface area (Å²) in [6.07, 6.45) is 0. The number of hydrogen-bond acceptors (Lipinski definition) is 2. The molecule has 0 saturated heterocycles. The second-order valence-electron chi connectivity index (χ2n) is 5.61. The van der Waals surface area contributed by atoms with Gasteiger partial charge in [-0.1, -0.05) is 48.5 Å². The van der Waals surface area contributed by atoms with Crippen LogP contribution < -0.4 is 0 Å². The van der Waals surface area contributed by atoms with Crippen LogP contribution in [0.5, 0.6) is 0 Å². The summed E-state index contributed by atoms with van der Waals surface area (Å²) in [4.78, 5) is 12.9. The van der Waals surface area contributed by atoms with Crippen molar-refractivity contribution in [1.82, 2.24) is 4.57 Å². The zero-order valence-corrected chi connectivity index (χ0v) is 14.2. The van der Waals surface area contributed by atoms with Gasteiger partial charge in [0.2, 0.25) is 5.91 Å². The average molecular weight is 362 g/mol. The molecule has 0 aliphatic rings. The number of alkyl halides is 3. The molecule has 0 spiro atoms. The molecular weight excluding hydrogens is 347 g/mol. The van der Waals surface area contributed by atoms with Crippen LogP contribution >= 0.6 is 11.8 Å². The van der Waals surface area contributed by atoms with Gasteiger partial charge in [0.15, 0.2) is 0 Å². The highest BCUT2D eigenvalue weighted by molar-refractivity contribution is 8.00. The van der Waals surface area contributed by atoms with E-state index < -0.39 is 11.4 Å². The maximum absolute atomic E-state index is 12.9. The van der Waals surface area contributed by atoms with Crippen LogP contribution in [0.4, 0.5) is 13.2 Å². The molecule has 0 aliphatic heterocycles. The monoisotopic (exact) mass is 362 g/mol. The highest BCUT2D eigenvalue weighted by Crippen LogP contribution is 2.34. The van der Waals surface area contributed by atoms with Crippen molar-refractivity contribution >= 4 is 28.6 Å². The van der Waals surface area contributed by atoms with Crippen molar-refractivity contribution in [2.24, 2.45) is 0 Å². The number of aromatic nitrogens is 1. The molecule has 0 saturated carbocycles. The van der Waals surface area contributed by atoms with Gasteiger partial charge in [0.05, 0.1) is 17.1 Å². The minimum atomic E-state index is -4.36. The maximum Gasteiger partial charge on any atom is 0.441 e. The van der Waals surface area contributed by atoms with Crippen molar-refractivity contribution in [3.63, 3.8) is 0 Å². The first-order valence-electron chi connectivity index (χ1n) is 7.60. The minimum absolute atomic E-state index is 0.154. The molecule has 0 unspecified atom stereocenters.